The summed E-state index contributed by atoms with van der Waals surface area (Å²) in [5.41, 5.74) is 1.91. The van der Waals surface area contributed by atoms with Crippen molar-refractivity contribution >= 4 is 46.0 Å². The third kappa shape index (κ3) is 5.72. The normalized spacial score (nSPS) is 10.4. The highest BCUT2D eigenvalue weighted by Crippen LogP contribution is 2.30. The lowest BCUT2D eigenvalue weighted by Gasteiger charge is -2.15. The van der Waals surface area contributed by atoms with Crippen LogP contribution in [0.3, 0.4) is 0 Å². The maximum absolute atomic E-state index is 12.6. The molecule has 0 aliphatic rings. The lowest BCUT2D eigenvalue weighted by molar-refractivity contribution is -0.115. The number of rotatable bonds is 8. The second-order valence-electron chi connectivity index (χ2n) is 8.21. The van der Waals surface area contributed by atoms with E-state index in [0.29, 0.717) is 16.8 Å². The monoisotopic (exact) mass is 528 g/mol. The summed E-state index contributed by atoms with van der Waals surface area (Å²) in [7, 11) is 0. The molecule has 10 heteroatoms. The zero-order valence-corrected chi connectivity index (χ0v) is 20.9. The minimum absolute atomic E-state index is 0.0527. The van der Waals surface area contributed by atoms with Crippen molar-refractivity contribution in [3.8, 4) is 11.8 Å². The molecule has 9 nitrogen and oxygen atoms in total. The van der Waals surface area contributed by atoms with Gasteiger partial charge in [0.1, 0.15) is 23.9 Å². The number of hydrogen-bond acceptors (Lipinski definition) is 6. The fourth-order valence-electron chi connectivity index (χ4n) is 3.80. The molecule has 0 bridgehead atoms. The highest BCUT2D eigenvalue weighted by Gasteiger charge is 2.18. The summed E-state index contributed by atoms with van der Waals surface area (Å²) in [6.07, 6.45) is 0. The zero-order valence-electron chi connectivity index (χ0n) is 20.1. The Balaban J connectivity index is 1.48. The van der Waals surface area contributed by atoms with Crippen molar-refractivity contribution in [3.05, 3.63) is 99.7 Å². The Bertz CT molecular complexity index is 1610. The Morgan fingerprint density at radius 2 is 1.79 bits per heavy atom. The van der Waals surface area contributed by atoms with Gasteiger partial charge in [0.25, 0.3) is 5.91 Å². The molecule has 0 spiro atoms. The van der Waals surface area contributed by atoms with Gasteiger partial charge in [0.2, 0.25) is 5.91 Å². The number of pyridine rings is 1. The Hall–Kier alpha value is -4.94. The van der Waals surface area contributed by atoms with Crippen LogP contribution in [-0.2, 0) is 11.4 Å². The van der Waals surface area contributed by atoms with E-state index < -0.39 is 24.3 Å². The Kier molecular flexibility index (Phi) is 7.85. The quantitative estimate of drug-likeness (QED) is 0.300. The highest BCUT2D eigenvalue weighted by molar-refractivity contribution is 6.31. The minimum atomic E-state index is -1.26. The third-order valence-electron chi connectivity index (χ3n) is 5.65. The van der Waals surface area contributed by atoms with E-state index in [1.54, 1.807) is 6.07 Å². The lowest BCUT2D eigenvalue weighted by atomic mass is 10.1. The number of ether oxygens (including phenoxy) is 1. The van der Waals surface area contributed by atoms with E-state index in [1.165, 1.54) is 36.4 Å². The fraction of sp³-hybridized carbons (Fsp3) is 0.107. The summed E-state index contributed by atoms with van der Waals surface area (Å²) in [4.78, 5) is 40.9. The van der Waals surface area contributed by atoms with Crippen LogP contribution >= 0.6 is 11.6 Å². The van der Waals surface area contributed by atoms with Gasteiger partial charge in [-0.1, -0.05) is 41.9 Å². The molecule has 4 rings (SSSR count). The molecule has 1 aromatic heterocycles. The number of aromatic nitrogens is 1. The van der Waals surface area contributed by atoms with Gasteiger partial charge >= 0.3 is 5.97 Å². The van der Waals surface area contributed by atoms with Gasteiger partial charge in [-0.2, -0.15) is 5.26 Å². The van der Waals surface area contributed by atoms with Crippen LogP contribution in [0.4, 0.5) is 5.69 Å². The summed E-state index contributed by atoms with van der Waals surface area (Å²) < 4.78 is 5.99. The lowest BCUT2D eigenvalue weighted by Crippen LogP contribution is -2.33. The molecule has 4 aromatic rings. The first-order chi connectivity index (χ1) is 18.3. The molecule has 0 aliphatic heterocycles. The summed E-state index contributed by atoms with van der Waals surface area (Å²) in [6, 6.07) is 20.1. The average Bonchev–Trinajstić information content (AvgIpc) is 2.91. The van der Waals surface area contributed by atoms with E-state index in [1.807, 2.05) is 31.2 Å². The molecular weight excluding hydrogens is 508 g/mol. The first-order valence-electron chi connectivity index (χ1n) is 11.4. The van der Waals surface area contributed by atoms with Gasteiger partial charge in [-0.3, -0.25) is 9.59 Å². The fourth-order valence-corrected chi connectivity index (χ4v) is 4.01. The van der Waals surface area contributed by atoms with Crippen LogP contribution < -0.4 is 15.4 Å². The number of aryl methyl sites for hydroxylation is 1. The van der Waals surface area contributed by atoms with Crippen molar-refractivity contribution in [1.29, 1.82) is 5.26 Å². The molecule has 0 aliphatic carbocycles. The molecule has 38 heavy (non-hydrogen) atoms. The Labute approximate surface area is 222 Å². The third-order valence-corrected chi connectivity index (χ3v) is 6.00. The number of amides is 2. The molecule has 0 saturated heterocycles. The molecule has 0 unspecified atom stereocenters. The number of nitrogens with one attached hydrogen (secondary N) is 2. The maximum atomic E-state index is 12.6. The maximum Gasteiger partial charge on any atom is 0.336 e. The number of benzene rings is 3. The number of carboxylic acid groups (broad SMARTS) is 1. The molecule has 0 fully saturated rings. The number of fused-ring (bicyclic) bond motifs is 1. The number of carbonyl (C=O) groups excluding carboxylic acids is 2. The van der Waals surface area contributed by atoms with Crippen LogP contribution in [0.25, 0.3) is 10.9 Å². The van der Waals surface area contributed by atoms with Gasteiger partial charge in [-0.25, -0.2) is 9.78 Å². The second-order valence-corrected chi connectivity index (χ2v) is 8.62. The van der Waals surface area contributed by atoms with Crippen LogP contribution in [0.2, 0.25) is 5.02 Å². The molecular formula is C28H21ClN4O5. The molecule has 0 atom stereocenters. The Morgan fingerprint density at radius 1 is 1.03 bits per heavy atom. The van der Waals surface area contributed by atoms with Gasteiger partial charge in [0.05, 0.1) is 28.9 Å². The summed E-state index contributed by atoms with van der Waals surface area (Å²) in [6.45, 7) is 1.37. The van der Waals surface area contributed by atoms with Crippen molar-refractivity contribution in [1.82, 2.24) is 10.3 Å². The predicted octanol–water partition coefficient (Wildman–Crippen LogP) is 4.71. The summed E-state index contributed by atoms with van der Waals surface area (Å²) in [5, 5.41) is 25.3. The largest absolute Gasteiger partial charge is 0.487 e. The van der Waals surface area contributed by atoms with Crippen LogP contribution in [0.15, 0.2) is 66.7 Å². The average molecular weight is 529 g/mol. The molecule has 1 heterocycles. The standard InChI is InChI=1S/C28H21ClN4O5/c1-16-9-10-17-5-4-8-24(26(17)32-16)38-15-21-20(13-30)23(12-11-22(21)29)33-25(34)14-31-27(35)18-6-2-3-7-19(18)28(36)37/h2-12H,14-15H2,1H3,(H,31,35)(H,33,34)(H,36,37). The first kappa shape index (κ1) is 26.1. The number of nitrogens with zero attached hydrogens (tertiary/aromatic N) is 2. The van der Waals surface area contributed by atoms with Crippen LogP contribution in [0.5, 0.6) is 5.75 Å². The van der Waals surface area contributed by atoms with Crippen molar-refractivity contribution in [2.45, 2.75) is 13.5 Å². The van der Waals surface area contributed by atoms with E-state index in [-0.39, 0.29) is 34.0 Å². The number of nitriles is 1. The van der Waals surface area contributed by atoms with Gasteiger partial charge in [-0.05, 0) is 43.3 Å². The minimum Gasteiger partial charge on any atom is -0.487 e. The second kappa shape index (κ2) is 11.4. The number of carbonyl (C=O) groups is 3. The number of aromatic carboxylic acids is 1. The molecule has 2 amide bonds. The van der Waals surface area contributed by atoms with Crippen molar-refractivity contribution < 1.29 is 24.2 Å². The zero-order chi connectivity index (χ0) is 27.2. The van der Waals surface area contributed by atoms with Gasteiger partial charge in [0, 0.05) is 21.7 Å². The van der Waals surface area contributed by atoms with Crippen LogP contribution in [-0.4, -0.2) is 34.4 Å². The van der Waals surface area contributed by atoms with Crippen molar-refractivity contribution in [2.75, 3.05) is 11.9 Å². The molecule has 190 valence electrons. The first-order valence-corrected chi connectivity index (χ1v) is 11.8. The Morgan fingerprint density at radius 3 is 2.53 bits per heavy atom. The number of hydrogen-bond donors (Lipinski definition) is 3. The van der Waals surface area contributed by atoms with E-state index in [0.717, 1.165) is 11.1 Å². The van der Waals surface area contributed by atoms with E-state index in [4.69, 9.17) is 16.3 Å². The van der Waals surface area contributed by atoms with Gasteiger partial charge < -0.3 is 20.5 Å². The van der Waals surface area contributed by atoms with Gasteiger partial charge in [-0.15, -0.1) is 0 Å². The van der Waals surface area contributed by atoms with Crippen molar-refractivity contribution in [2.24, 2.45) is 0 Å². The van der Waals surface area contributed by atoms with E-state index in [2.05, 4.69) is 21.7 Å². The number of anilines is 1. The molecule has 0 radical (unpaired) electrons. The highest BCUT2D eigenvalue weighted by atomic mass is 35.5. The molecule has 3 aromatic carbocycles. The smallest absolute Gasteiger partial charge is 0.336 e. The number of carboxylic acids is 1. The number of para-hydroxylation sites is 1. The van der Waals surface area contributed by atoms with E-state index >= 15 is 0 Å². The topological polar surface area (TPSA) is 141 Å². The predicted molar refractivity (Wildman–Crippen MR) is 141 cm³/mol. The molecule has 0 saturated carbocycles. The summed E-state index contributed by atoms with van der Waals surface area (Å²) in [5.74, 6) is -2.08. The van der Waals surface area contributed by atoms with E-state index in [9.17, 15) is 24.8 Å². The van der Waals surface area contributed by atoms with Crippen LogP contribution in [0, 0.1) is 18.3 Å². The SMILES string of the molecule is Cc1ccc2cccc(OCc3c(Cl)ccc(NC(=O)CNC(=O)c4ccccc4C(=O)O)c3C#N)c2n1. The van der Waals surface area contributed by atoms with Crippen LogP contribution in [0.1, 0.15) is 37.5 Å². The number of halogens is 1. The van der Waals surface area contributed by atoms with Crippen molar-refractivity contribution in [3.63, 3.8) is 0 Å². The summed E-state index contributed by atoms with van der Waals surface area (Å²) >= 11 is 6.37. The van der Waals surface area contributed by atoms with Gasteiger partial charge in [0.15, 0.2) is 0 Å². The molecule has 3 N–H and O–H groups in total.